The van der Waals surface area contributed by atoms with Gasteiger partial charge in [0.2, 0.25) is 0 Å². The van der Waals surface area contributed by atoms with Gasteiger partial charge in [-0.3, -0.25) is 4.98 Å². The number of imidazole rings is 1. The summed E-state index contributed by atoms with van der Waals surface area (Å²) in [5, 5.41) is 0. The molecule has 2 rings (SSSR count). The predicted molar refractivity (Wildman–Crippen MR) is 70.4 cm³/mol. The van der Waals surface area contributed by atoms with Gasteiger partial charge in [0.15, 0.2) is 0 Å². The highest BCUT2D eigenvalue weighted by atomic mass is 79.9. The fraction of sp³-hybridized carbons (Fsp3) is 0.333. The second-order valence-corrected chi connectivity index (χ2v) is 4.64. The molecule has 0 bridgehead atoms. The fourth-order valence-corrected chi connectivity index (χ4v) is 2.23. The van der Waals surface area contributed by atoms with Crippen LogP contribution in [0.3, 0.4) is 0 Å². The maximum absolute atomic E-state index is 5.63. The molecule has 0 aromatic carbocycles. The van der Waals surface area contributed by atoms with Crippen molar-refractivity contribution >= 4 is 15.9 Å². The third-order valence-electron chi connectivity index (χ3n) is 2.74. The number of nitrogens with zero attached hydrogens (tertiary/aromatic N) is 3. The predicted octanol–water partition coefficient (Wildman–Crippen LogP) is 1.82. The number of rotatable bonds is 4. The lowest BCUT2D eigenvalue weighted by atomic mass is 10.1. The highest BCUT2D eigenvalue weighted by Crippen LogP contribution is 2.19. The average Bonchev–Trinajstić information content (AvgIpc) is 2.65. The van der Waals surface area contributed by atoms with E-state index in [1.165, 1.54) is 5.56 Å². The van der Waals surface area contributed by atoms with Crippen LogP contribution < -0.4 is 5.73 Å². The maximum atomic E-state index is 5.63. The van der Waals surface area contributed by atoms with Gasteiger partial charge in [-0.1, -0.05) is 6.07 Å². The van der Waals surface area contributed by atoms with E-state index in [-0.39, 0.29) is 0 Å². The molecule has 0 aliphatic carbocycles. The second-order valence-electron chi connectivity index (χ2n) is 3.89. The molecule has 0 fully saturated rings. The molecule has 0 aliphatic heterocycles. The summed E-state index contributed by atoms with van der Waals surface area (Å²) in [7, 11) is 1.97. The van der Waals surface area contributed by atoms with E-state index in [9.17, 15) is 0 Å². The third-order valence-corrected chi connectivity index (χ3v) is 3.73. The van der Waals surface area contributed by atoms with Gasteiger partial charge in [0, 0.05) is 19.4 Å². The summed E-state index contributed by atoms with van der Waals surface area (Å²) < 4.78 is 3.00. The molecule has 0 aliphatic rings. The first-order chi connectivity index (χ1) is 8.22. The molecule has 2 aromatic heterocycles. The van der Waals surface area contributed by atoms with Crippen molar-refractivity contribution in [3.63, 3.8) is 0 Å². The lowest BCUT2D eigenvalue weighted by Gasteiger charge is -1.99. The lowest BCUT2D eigenvalue weighted by Crippen LogP contribution is -2.04. The molecule has 90 valence electrons. The molecule has 0 radical (unpaired) electrons. The molecule has 0 spiro atoms. The summed E-state index contributed by atoms with van der Waals surface area (Å²) in [5.74, 6) is 0.901. The minimum atomic E-state index is 0.460. The first-order valence-electron chi connectivity index (χ1n) is 5.51. The summed E-state index contributed by atoms with van der Waals surface area (Å²) in [4.78, 5) is 8.61. The van der Waals surface area contributed by atoms with Crippen molar-refractivity contribution < 1.29 is 0 Å². The van der Waals surface area contributed by atoms with Gasteiger partial charge in [-0.2, -0.15) is 0 Å². The molecule has 2 aromatic rings. The lowest BCUT2D eigenvalue weighted by molar-refractivity contribution is 0.781. The molecule has 0 saturated carbocycles. The van der Waals surface area contributed by atoms with E-state index in [1.54, 1.807) is 6.20 Å². The van der Waals surface area contributed by atoms with E-state index >= 15 is 0 Å². The van der Waals surface area contributed by atoms with Gasteiger partial charge >= 0.3 is 0 Å². The standard InChI is InChI=1S/C12H15BrN4/c1-17-11(7-14)16-10(12(17)13)5-4-9-3-2-6-15-8-9/h2-3,6,8H,4-5,7,14H2,1H3. The first-order valence-corrected chi connectivity index (χ1v) is 6.30. The number of pyridine rings is 1. The first kappa shape index (κ1) is 12.3. The van der Waals surface area contributed by atoms with Crippen LogP contribution >= 0.6 is 15.9 Å². The van der Waals surface area contributed by atoms with Gasteiger partial charge in [-0.25, -0.2) is 4.98 Å². The molecule has 4 nitrogen and oxygen atoms in total. The quantitative estimate of drug-likeness (QED) is 0.936. The highest BCUT2D eigenvalue weighted by molar-refractivity contribution is 9.10. The van der Waals surface area contributed by atoms with E-state index < -0.39 is 0 Å². The van der Waals surface area contributed by atoms with Crippen molar-refractivity contribution in [3.8, 4) is 0 Å². The van der Waals surface area contributed by atoms with E-state index in [2.05, 4.69) is 32.0 Å². The molecule has 0 unspecified atom stereocenters. The normalized spacial score (nSPS) is 10.8. The average molecular weight is 295 g/mol. The highest BCUT2D eigenvalue weighted by Gasteiger charge is 2.10. The van der Waals surface area contributed by atoms with E-state index in [1.807, 2.05) is 23.9 Å². The van der Waals surface area contributed by atoms with Crippen molar-refractivity contribution in [1.82, 2.24) is 14.5 Å². The molecule has 0 atom stereocenters. The Labute approximate surface area is 109 Å². The van der Waals surface area contributed by atoms with Crippen LogP contribution in [0.15, 0.2) is 29.1 Å². The Balaban J connectivity index is 2.09. The van der Waals surface area contributed by atoms with Crippen molar-refractivity contribution in [2.45, 2.75) is 19.4 Å². The Hall–Kier alpha value is -1.20. The van der Waals surface area contributed by atoms with E-state index in [4.69, 9.17) is 5.73 Å². The Morgan fingerprint density at radius 2 is 2.24 bits per heavy atom. The molecule has 0 saturated heterocycles. The summed E-state index contributed by atoms with van der Waals surface area (Å²) in [6, 6.07) is 4.03. The van der Waals surface area contributed by atoms with Gasteiger partial charge in [-0.05, 0) is 40.4 Å². The second kappa shape index (κ2) is 5.42. The van der Waals surface area contributed by atoms with Crippen LogP contribution in [0.2, 0.25) is 0 Å². The largest absolute Gasteiger partial charge is 0.325 e. The van der Waals surface area contributed by atoms with Gasteiger partial charge in [0.1, 0.15) is 10.4 Å². The number of hydrogen-bond donors (Lipinski definition) is 1. The minimum absolute atomic E-state index is 0.460. The zero-order chi connectivity index (χ0) is 12.3. The maximum Gasteiger partial charge on any atom is 0.123 e. The van der Waals surface area contributed by atoms with Crippen LogP contribution in [0.1, 0.15) is 17.1 Å². The van der Waals surface area contributed by atoms with Gasteiger partial charge in [0.25, 0.3) is 0 Å². The van der Waals surface area contributed by atoms with Crippen molar-refractivity contribution in [2.24, 2.45) is 12.8 Å². The zero-order valence-electron chi connectivity index (χ0n) is 9.73. The Morgan fingerprint density at radius 1 is 1.41 bits per heavy atom. The molecule has 2 N–H and O–H groups in total. The molecule has 2 heterocycles. The molecular weight excluding hydrogens is 280 g/mol. The number of hydrogen-bond acceptors (Lipinski definition) is 3. The summed E-state index contributed by atoms with van der Waals surface area (Å²) in [6.45, 7) is 0.460. The molecule has 17 heavy (non-hydrogen) atoms. The van der Waals surface area contributed by atoms with Crippen molar-refractivity contribution in [3.05, 3.63) is 46.2 Å². The topological polar surface area (TPSA) is 56.7 Å². The number of halogens is 1. The number of aryl methyl sites for hydroxylation is 2. The summed E-state index contributed by atoms with van der Waals surface area (Å²) >= 11 is 3.54. The molecule has 5 heteroatoms. The Morgan fingerprint density at radius 3 is 2.82 bits per heavy atom. The Bertz CT molecular complexity index is 493. The van der Waals surface area contributed by atoms with Crippen molar-refractivity contribution in [2.75, 3.05) is 0 Å². The smallest absolute Gasteiger partial charge is 0.123 e. The van der Waals surface area contributed by atoms with Gasteiger partial charge < -0.3 is 10.3 Å². The van der Waals surface area contributed by atoms with Crippen LogP contribution in [0.25, 0.3) is 0 Å². The SMILES string of the molecule is Cn1c(CN)nc(CCc2cccnc2)c1Br. The van der Waals surface area contributed by atoms with Crippen LogP contribution in [-0.2, 0) is 26.4 Å². The van der Waals surface area contributed by atoms with E-state index in [0.717, 1.165) is 29.0 Å². The van der Waals surface area contributed by atoms with Crippen molar-refractivity contribution in [1.29, 1.82) is 0 Å². The van der Waals surface area contributed by atoms with Crippen LogP contribution in [-0.4, -0.2) is 14.5 Å². The molecule has 0 amide bonds. The summed E-state index contributed by atoms with van der Waals surface area (Å²) in [6.07, 6.45) is 5.50. The number of nitrogens with two attached hydrogens (primary N) is 1. The zero-order valence-corrected chi connectivity index (χ0v) is 11.3. The van der Waals surface area contributed by atoms with Gasteiger partial charge in [0.05, 0.1) is 12.2 Å². The Kier molecular flexibility index (Phi) is 3.91. The van der Waals surface area contributed by atoms with Crippen LogP contribution in [0, 0.1) is 0 Å². The van der Waals surface area contributed by atoms with Crippen LogP contribution in [0.5, 0.6) is 0 Å². The summed E-state index contributed by atoms with van der Waals surface area (Å²) in [5.41, 5.74) is 7.90. The third kappa shape index (κ3) is 2.73. The molecular formula is C12H15BrN4. The number of aromatic nitrogens is 3. The van der Waals surface area contributed by atoms with E-state index in [0.29, 0.717) is 6.54 Å². The fourth-order valence-electron chi connectivity index (χ4n) is 1.73. The van der Waals surface area contributed by atoms with Gasteiger partial charge in [-0.15, -0.1) is 0 Å². The van der Waals surface area contributed by atoms with Crippen LogP contribution in [0.4, 0.5) is 0 Å². The minimum Gasteiger partial charge on any atom is -0.325 e. The monoisotopic (exact) mass is 294 g/mol.